The number of nitrogens with two attached hydrogens (primary N) is 1. The minimum atomic E-state index is -0.391. The average Bonchev–Trinajstić information content (AvgIpc) is 2.08. The van der Waals surface area contributed by atoms with Gasteiger partial charge in [-0.25, -0.2) is 9.98 Å². The van der Waals surface area contributed by atoms with Gasteiger partial charge in [0, 0.05) is 5.69 Å². The maximum Gasteiger partial charge on any atom is 0.295 e. The predicted octanol–water partition coefficient (Wildman–Crippen LogP) is -0.438. The number of benzene rings is 1. The van der Waals surface area contributed by atoms with Crippen LogP contribution in [0.5, 0.6) is 0 Å². The standard InChI is InChI=1S/C9H7N3O/c1-5-9(13)12-7-3-2-6(10)4-8(7)11-5/h2-4H,1,10H2. The third-order valence-corrected chi connectivity index (χ3v) is 1.72. The SMILES string of the molecule is C=C1N=c2cc(N)ccc2=NC1=O. The highest BCUT2D eigenvalue weighted by Crippen LogP contribution is 1.98. The van der Waals surface area contributed by atoms with Crippen LogP contribution in [-0.4, -0.2) is 5.91 Å². The lowest BCUT2D eigenvalue weighted by Crippen LogP contribution is -2.30. The van der Waals surface area contributed by atoms with Gasteiger partial charge in [-0.1, -0.05) is 6.58 Å². The number of carbonyl (C=O) groups is 1. The summed E-state index contributed by atoms with van der Waals surface area (Å²) in [6, 6.07) is 5.01. The highest BCUT2D eigenvalue weighted by molar-refractivity contribution is 5.93. The van der Waals surface area contributed by atoms with E-state index in [1.165, 1.54) is 0 Å². The van der Waals surface area contributed by atoms with Crippen molar-refractivity contribution in [1.29, 1.82) is 0 Å². The van der Waals surface area contributed by atoms with Crippen molar-refractivity contribution in [3.63, 3.8) is 0 Å². The van der Waals surface area contributed by atoms with Gasteiger partial charge in [-0.15, -0.1) is 0 Å². The van der Waals surface area contributed by atoms with Crippen LogP contribution < -0.4 is 16.4 Å². The van der Waals surface area contributed by atoms with Crippen molar-refractivity contribution in [2.75, 3.05) is 5.73 Å². The number of amides is 1. The number of hydrogen-bond donors (Lipinski definition) is 1. The molecule has 1 aromatic carbocycles. The third kappa shape index (κ3) is 1.22. The van der Waals surface area contributed by atoms with Crippen LogP contribution >= 0.6 is 0 Å². The average molecular weight is 173 g/mol. The Morgan fingerprint density at radius 3 is 2.77 bits per heavy atom. The number of rotatable bonds is 0. The Morgan fingerprint density at radius 2 is 2.00 bits per heavy atom. The molecular formula is C9H7N3O. The van der Waals surface area contributed by atoms with Crippen molar-refractivity contribution in [2.24, 2.45) is 9.98 Å². The summed E-state index contributed by atoms with van der Waals surface area (Å²) in [7, 11) is 0. The zero-order chi connectivity index (χ0) is 9.42. The molecule has 0 spiro atoms. The highest BCUT2D eigenvalue weighted by atomic mass is 16.1. The number of anilines is 1. The summed E-state index contributed by atoms with van der Waals surface area (Å²) in [5, 5.41) is 1.15. The molecule has 2 rings (SSSR count). The summed E-state index contributed by atoms with van der Waals surface area (Å²) in [6.45, 7) is 3.47. The zero-order valence-electron chi connectivity index (χ0n) is 6.82. The highest BCUT2D eigenvalue weighted by Gasteiger charge is 2.08. The summed E-state index contributed by atoms with van der Waals surface area (Å²) >= 11 is 0. The summed E-state index contributed by atoms with van der Waals surface area (Å²) in [4.78, 5) is 18.8. The van der Waals surface area contributed by atoms with E-state index in [1.54, 1.807) is 18.2 Å². The van der Waals surface area contributed by atoms with Crippen LogP contribution in [0.15, 0.2) is 40.5 Å². The Hall–Kier alpha value is -1.97. The molecule has 1 heterocycles. The fraction of sp³-hybridized carbons (Fsp3) is 0. The fourth-order valence-corrected chi connectivity index (χ4v) is 1.09. The third-order valence-electron chi connectivity index (χ3n) is 1.72. The fourth-order valence-electron chi connectivity index (χ4n) is 1.09. The normalized spacial score (nSPS) is 14.5. The van der Waals surface area contributed by atoms with Crippen molar-refractivity contribution in [3.05, 3.63) is 41.2 Å². The lowest BCUT2D eigenvalue weighted by atomic mass is 10.2. The van der Waals surface area contributed by atoms with Gasteiger partial charge >= 0.3 is 0 Å². The second-order valence-corrected chi connectivity index (χ2v) is 2.72. The van der Waals surface area contributed by atoms with E-state index < -0.39 is 5.91 Å². The van der Waals surface area contributed by atoms with Gasteiger partial charge in [0.05, 0.1) is 10.7 Å². The first-order chi connectivity index (χ1) is 6.16. The van der Waals surface area contributed by atoms with Gasteiger partial charge in [0.25, 0.3) is 5.91 Å². The maximum atomic E-state index is 11.1. The van der Waals surface area contributed by atoms with Crippen LogP contribution in [0, 0.1) is 0 Å². The van der Waals surface area contributed by atoms with Gasteiger partial charge in [-0.2, -0.15) is 0 Å². The maximum absolute atomic E-state index is 11.1. The first-order valence-corrected chi connectivity index (χ1v) is 3.73. The van der Waals surface area contributed by atoms with Crippen LogP contribution in [-0.2, 0) is 4.79 Å². The van der Waals surface area contributed by atoms with Crippen LogP contribution in [0.4, 0.5) is 5.69 Å². The Bertz CT molecular complexity index is 516. The Labute approximate surface area is 74.1 Å². The molecule has 4 nitrogen and oxygen atoms in total. The van der Waals surface area contributed by atoms with Gasteiger partial charge < -0.3 is 5.73 Å². The summed E-state index contributed by atoms with van der Waals surface area (Å²) in [6.07, 6.45) is 0. The molecule has 0 saturated heterocycles. The molecule has 1 aliphatic rings. The molecule has 0 unspecified atom stereocenters. The van der Waals surface area contributed by atoms with Crippen LogP contribution in [0.1, 0.15) is 0 Å². The molecule has 0 atom stereocenters. The Kier molecular flexibility index (Phi) is 1.48. The van der Waals surface area contributed by atoms with Crippen molar-refractivity contribution in [2.45, 2.75) is 0 Å². The van der Waals surface area contributed by atoms with Crippen LogP contribution in [0.3, 0.4) is 0 Å². The smallest absolute Gasteiger partial charge is 0.295 e. The first-order valence-electron chi connectivity index (χ1n) is 3.73. The van der Waals surface area contributed by atoms with Gasteiger partial charge in [0.2, 0.25) is 0 Å². The number of fused-ring (bicyclic) bond motifs is 1. The summed E-state index contributed by atoms with van der Waals surface area (Å²) in [5.74, 6) is -0.391. The molecule has 0 radical (unpaired) electrons. The number of nitrogens with zero attached hydrogens (tertiary/aromatic N) is 2. The molecule has 4 heteroatoms. The molecule has 0 aromatic heterocycles. The van der Waals surface area contributed by atoms with E-state index in [1.807, 2.05) is 0 Å². The largest absolute Gasteiger partial charge is 0.399 e. The lowest BCUT2D eigenvalue weighted by molar-refractivity contribution is -0.114. The second-order valence-electron chi connectivity index (χ2n) is 2.72. The monoisotopic (exact) mass is 173 g/mol. The Morgan fingerprint density at radius 1 is 1.23 bits per heavy atom. The van der Waals surface area contributed by atoms with E-state index in [-0.39, 0.29) is 5.70 Å². The zero-order valence-corrected chi connectivity index (χ0v) is 6.82. The molecule has 0 bridgehead atoms. The van der Waals surface area contributed by atoms with Crippen molar-refractivity contribution in [1.82, 2.24) is 0 Å². The lowest BCUT2D eigenvalue weighted by Gasteiger charge is -2.00. The quantitative estimate of drug-likeness (QED) is 0.427. The molecule has 64 valence electrons. The van der Waals surface area contributed by atoms with E-state index >= 15 is 0 Å². The van der Waals surface area contributed by atoms with Gasteiger partial charge in [-0.3, -0.25) is 4.79 Å². The van der Waals surface area contributed by atoms with Crippen molar-refractivity contribution >= 4 is 11.6 Å². The van der Waals surface area contributed by atoms with E-state index in [0.717, 1.165) is 0 Å². The molecule has 1 aliphatic heterocycles. The summed E-state index contributed by atoms with van der Waals surface area (Å²) < 4.78 is 0. The minimum Gasteiger partial charge on any atom is -0.399 e. The van der Waals surface area contributed by atoms with Crippen molar-refractivity contribution < 1.29 is 4.79 Å². The Balaban J connectivity index is 2.85. The van der Waals surface area contributed by atoms with Gasteiger partial charge in [-0.05, 0) is 18.2 Å². The molecule has 0 saturated carbocycles. The van der Waals surface area contributed by atoms with Crippen molar-refractivity contribution in [3.8, 4) is 0 Å². The molecular weight excluding hydrogens is 166 g/mol. The topological polar surface area (TPSA) is 67.8 Å². The predicted molar refractivity (Wildman–Crippen MR) is 47.3 cm³/mol. The minimum absolute atomic E-state index is 0.151. The first kappa shape index (κ1) is 7.67. The summed E-state index contributed by atoms with van der Waals surface area (Å²) in [5.41, 5.74) is 6.29. The van der Waals surface area contributed by atoms with Crippen LogP contribution in [0.25, 0.3) is 0 Å². The molecule has 2 N–H and O–H groups in total. The number of carbonyl (C=O) groups excluding carboxylic acids is 1. The van der Waals surface area contributed by atoms with Crippen LogP contribution in [0.2, 0.25) is 0 Å². The molecule has 1 amide bonds. The molecule has 0 aliphatic carbocycles. The molecule has 1 aromatic rings. The van der Waals surface area contributed by atoms with Gasteiger partial charge in [0.1, 0.15) is 5.70 Å². The van der Waals surface area contributed by atoms with E-state index in [9.17, 15) is 4.79 Å². The number of nitrogen functional groups attached to an aromatic ring is 1. The second kappa shape index (κ2) is 2.52. The van der Waals surface area contributed by atoms with E-state index in [4.69, 9.17) is 5.73 Å². The molecule has 13 heavy (non-hydrogen) atoms. The molecule has 0 fully saturated rings. The van der Waals surface area contributed by atoms with Gasteiger partial charge in [0.15, 0.2) is 0 Å². The van der Waals surface area contributed by atoms with E-state index in [2.05, 4.69) is 16.6 Å². The van der Waals surface area contributed by atoms with E-state index in [0.29, 0.717) is 16.4 Å². The number of hydrogen-bond acceptors (Lipinski definition) is 3.